The minimum absolute atomic E-state index is 0.0492. The minimum atomic E-state index is -0.377. The third kappa shape index (κ3) is 6.64. The number of amides is 1. The zero-order chi connectivity index (χ0) is 27.9. The van der Waals surface area contributed by atoms with Crippen molar-refractivity contribution in [1.29, 1.82) is 5.26 Å². The first-order chi connectivity index (χ1) is 18.8. The Bertz CT molecular complexity index is 1580. The van der Waals surface area contributed by atoms with Crippen LogP contribution in [0.25, 0.3) is 17.0 Å². The number of nitriles is 1. The molecule has 0 aliphatic heterocycles. The molecule has 0 atom stereocenters. The molecule has 0 unspecified atom stereocenters. The van der Waals surface area contributed by atoms with Gasteiger partial charge in [0, 0.05) is 28.9 Å². The first-order valence-electron chi connectivity index (χ1n) is 11.9. The zero-order valence-corrected chi connectivity index (χ0v) is 22.6. The Labute approximate surface area is 229 Å². The number of hydrogen-bond acceptors (Lipinski definition) is 8. The normalized spacial score (nSPS) is 10.9. The van der Waals surface area contributed by atoms with E-state index in [9.17, 15) is 9.18 Å². The molecule has 0 saturated heterocycles. The number of nitrogens with one attached hydrogen (secondary N) is 2. The molecule has 0 spiro atoms. The van der Waals surface area contributed by atoms with Crippen molar-refractivity contribution in [1.82, 2.24) is 9.97 Å². The van der Waals surface area contributed by atoms with Crippen molar-refractivity contribution in [3.63, 3.8) is 0 Å². The van der Waals surface area contributed by atoms with E-state index in [0.717, 1.165) is 22.4 Å². The van der Waals surface area contributed by atoms with Gasteiger partial charge in [-0.25, -0.2) is 14.4 Å². The SMILES string of the molecule is COc1cc2nc(SCC(=O)Nc3ccc(F)cc3)nc(Nc3c(C)cc(/C=C/C#N)cc3C)c2cc1OC. The van der Waals surface area contributed by atoms with Crippen LogP contribution in [0.5, 0.6) is 11.5 Å². The smallest absolute Gasteiger partial charge is 0.234 e. The molecule has 198 valence electrons. The van der Waals surface area contributed by atoms with Crippen molar-refractivity contribution in [2.75, 3.05) is 30.6 Å². The molecular formula is C29H26FN5O3S. The van der Waals surface area contributed by atoms with Crippen LogP contribution in [0.1, 0.15) is 16.7 Å². The number of anilines is 3. The third-order valence-electron chi connectivity index (χ3n) is 5.79. The topological polar surface area (TPSA) is 109 Å². The van der Waals surface area contributed by atoms with E-state index >= 15 is 0 Å². The van der Waals surface area contributed by atoms with Crippen LogP contribution in [-0.4, -0.2) is 35.8 Å². The van der Waals surface area contributed by atoms with E-state index in [1.807, 2.05) is 32.0 Å². The summed E-state index contributed by atoms with van der Waals surface area (Å²) in [6.07, 6.45) is 3.20. The van der Waals surface area contributed by atoms with E-state index in [-0.39, 0.29) is 17.5 Å². The molecule has 0 bridgehead atoms. The van der Waals surface area contributed by atoms with Gasteiger partial charge in [0.15, 0.2) is 16.7 Å². The molecule has 4 rings (SSSR count). The minimum Gasteiger partial charge on any atom is -0.493 e. The number of carbonyl (C=O) groups is 1. The Morgan fingerprint density at radius 2 is 1.72 bits per heavy atom. The lowest BCUT2D eigenvalue weighted by Gasteiger charge is -2.17. The van der Waals surface area contributed by atoms with Gasteiger partial charge in [-0.1, -0.05) is 11.8 Å². The van der Waals surface area contributed by atoms with E-state index in [0.29, 0.717) is 39.1 Å². The van der Waals surface area contributed by atoms with Gasteiger partial charge in [0.05, 0.1) is 31.6 Å². The van der Waals surface area contributed by atoms with E-state index in [2.05, 4.69) is 15.6 Å². The van der Waals surface area contributed by atoms with E-state index in [4.69, 9.17) is 19.7 Å². The second-order valence-electron chi connectivity index (χ2n) is 8.54. The van der Waals surface area contributed by atoms with Gasteiger partial charge in [0.1, 0.15) is 11.6 Å². The van der Waals surface area contributed by atoms with Crippen LogP contribution in [0.2, 0.25) is 0 Å². The van der Waals surface area contributed by atoms with Crippen molar-refractivity contribution in [3.05, 3.63) is 77.1 Å². The molecule has 10 heteroatoms. The average Bonchev–Trinajstić information content (AvgIpc) is 2.93. The molecule has 0 fully saturated rings. The number of hydrogen-bond donors (Lipinski definition) is 2. The van der Waals surface area contributed by atoms with Crippen LogP contribution in [0, 0.1) is 31.0 Å². The third-order valence-corrected chi connectivity index (χ3v) is 6.64. The zero-order valence-electron chi connectivity index (χ0n) is 21.8. The predicted octanol–water partition coefficient (Wildman–Crippen LogP) is 6.41. The molecule has 0 saturated carbocycles. The van der Waals surface area contributed by atoms with Crippen molar-refractivity contribution < 1.29 is 18.7 Å². The van der Waals surface area contributed by atoms with Gasteiger partial charge >= 0.3 is 0 Å². The maximum absolute atomic E-state index is 13.2. The van der Waals surface area contributed by atoms with Crippen LogP contribution in [0.15, 0.2) is 59.8 Å². The second kappa shape index (κ2) is 12.3. The molecule has 1 amide bonds. The maximum atomic E-state index is 13.2. The molecule has 0 aliphatic rings. The molecule has 8 nitrogen and oxygen atoms in total. The number of halogens is 1. The first kappa shape index (κ1) is 27.4. The highest BCUT2D eigenvalue weighted by molar-refractivity contribution is 7.99. The second-order valence-corrected chi connectivity index (χ2v) is 9.48. The van der Waals surface area contributed by atoms with Gasteiger partial charge in [-0.3, -0.25) is 4.79 Å². The molecule has 3 aromatic carbocycles. The van der Waals surface area contributed by atoms with Crippen molar-refractivity contribution >= 4 is 51.8 Å². The molecule has 4 aromatic rings. The van der Waals surface area contributed by atoms with Crippen molar-refractivity contribution in [2.24, 2.45) is 0 Å². The number of allylic oxidation sites excluding steroid dienone is 1. The molecule has 39 heavy (non-hydrogen) atoms. The molecule has 1 heterocycles. The van der Waals surface area contributed by atoms with Crippen molar-refractivity contribution in [3.8, 4) is 17.6 Å². The maximum Gasteiger partial charge on any atom is 0.234 e. The number of aromatic nitrogens is 2. The fourth-order valence-electron chi connectivity index (χ4n) is 4.00. The Kier molecular flexibility index (Phi) is 8.63. The molecule has 0 aliphatic carbocycles. The van der Waals surface area contributed by atoms with Gasteiger partial charge in [-0.05, 0) is 79.1 Å². The lowest BCUT2D eigenvalue weighted by molar-refractivity contribution is -0.113. The Morgan fingerprint density at radius 3 is 2.36 bits per heavy atom. The Balaban J connectivity index is 1.68. The van der Waals surface area contributed by atoms with Crippen LogP contribution >= 0.6 is 11.8 Å². The van der Waals surface area contributed by atoms with E-state index in [1.54, 1.807) is 32.4 Å². The van der Waals surface area contributed by atoms with Gasteiger partial charge in [-0.15, -0.1) is 0 Å². The number of nitrogens with zero attached hydrogens (tertiary/aromatic N) is 3. The predicted molar refractivity (Wildman–Crippen MR) is 152 cm³/mol. The number of aryl methyl sites for hydroxylation is 2. The molecule has 0 radical (unpaired) electrons. The summed E-state index contributed by atoms with van der Waals surface area (Å²) in [6.45, 7) is 3.95. The standard InChI is InChI=1S/C29H26FN5O3S/c1-17-12-19(6-5-11-31)13-18(2)27(17)34-28-22-14-24(37-3)25(38-4)15-23(22)33-29(35-28)39-16-26(36)32-21-9-7-20(30)8-10-21/h5-10,12-15H,16H2,1-4H3,(H,32,36)(H,33,34,35)/b6-5+. The largest absolute Gasteiger partial charge is 0.493 e. The number of benzene rings is 3. The number of fused-ring (bicyclic) bond motifs is 1. The monoisotopic (exact) mass is 543 g/mol. The number of rotatable bonds is 9. The summed E-state index contributed by atoms with van der Waals surface area (Å²) in [5, 5.41) is 16.1. The summed E-state index contributed by atoms with van der Waals surface area (Å²) in [4.78, 5) is 21.9. The molecule has 2 N–H and O–H groups in total. The fraction of sp³-hybridized carbons (Fsp3) is 0.172. The van der Waals surface area contributed by atoms with Crippen LogP contribution in [-0.2, 0) is 4.79 Å². The van der Waals surface area contributed by atoms with E-state index < -0.39 is 0 Å². The molecule has 1 aromatic heterocycles. The number of thioether (sulfide) groups is 1. The van der Waals surface area contributed by atoms with Crippen LogP contribution in [0.4, 0.5) is 21.6 Å². The summed E-state index contributed by atoms with van der Waals surface area (Å²) < 4.78 is 24.1. The summed E-state index contributed by atoms with van der Waals surface area (Å²) in [6, 6.07) is 15.1. The van der Waals surface area contributed by atoms with Gasteiger partial charge in [0.2, 0.25) is 5.91 Å². The highest BCUT2D eigenvalue weighted by atomic mass is 32.2. The average molecular weight is 544 g/mol. The summed E-state index contributed by atoms with van der Waals surface area (Å²) in [5.74, 6) is 0.978. The van der Waals surface area contributed by atoms with E-state index in [1.165, 1.54) is 42.1 Å². The van der Waals surface area contributed by atoms with Gasteiger partial charge in [0.25, 0.3) is 0 Å². The lowest BCUT2D eigenvalue weighted by atomic mass is 10.0. The molecular weight excluding hydrogens is 517 g/mol. The Morgan fingerprint density at radius 1 is 1.05 bits per heavy atom. The van der Waals surface area contributed by atoms with Crippen molar-refractivity contribution in [2.45, 2.75) is 19.0 Å². The first-order valence-corrected chi connectivity index (χ1v) is 12.9. The summed E-state index contributed by atoms with van der Waals surface area (Å²) >= 11 is 1.17. The number of carbonyl (C=O) groups excluding carboxylic acids is 1. The summed E-state index contributed by atoms with van der Waals surface area (Å²) in [7, 11) is 3.11. The number of methoxy groups -OCH3 is 2. The quantitative estimate of drug-likeness (QED) is 0.142. The highest BCUT2D eigenvalue weighted by Gasteiger charge is 2.16. The van der Waals surface area contributed by atoms with Gasteiger partial charge in [-0.2, -0.15) is 5.26 Å². The lowest BCUT2D eigenvalue weighted by Crippen LogP contribution is -2.14. The van der Waals surface area contributed by atoms with Gasteiger partial charge < -0.3 is 20.1 Å². The number of ether oxygens (including phenoxy) is 2. The summed E-state index contributed by atoms with van der Waals surface area (Å²) in [5.41, 5.74) is 4.82. The fourth-order valence-corrected chi connectivity index (χ4v) is 4.65. The Hall–Kier alpha value is -4.62. The van der Waals surface area contributed by atoms with Crippen LogP contribution in [0.3, 0.4) is 0 Å². The van der Waals surface area contributed by atoms with Crippen LogP contribution < -0.4 is 20.1 Å². The highest BCUT2D eigenvalue weighted by Crippen LogP contribution is 2.37.